The maximum absolute atomic E-state index is 4.76. The largest absolute Gasteiger partial charge is 0.347 e. The molecule has 4 heteroatoms. The minimum atomic E-state index is 0.316. The Hall–Kier alpha value is -1.81. The molecular weight excluding hydrogens is 272 g/mol. The Kier molecular flexibility index (Phi) is 2.65. The second-order valence-electron chi connectivity index (χ2n) is 6.79. The number of hydrazone groups is 1. The number of aromatic nitrogens is 1. The highest BCUT2D eigenvalue weighted by atomic mass is 15.4. The lowest BCUT2D eigenvalue weighted by atomic mass is 9.78. The number of hydrogen-bond donors (Lipinski definition) is 1. The number of fused-ring (bicyclic) bond motifs is 3. The number of para-hydroxylation sites is 1. The molecule has 4 aliphatic rings. The van der Waals surface area contributed by atoms with Crippen LogP contribution < -0.4 is 5.43 Å². The van der Waals surface area contributed by atoms with Crippen molar-refractivity contribution in [2.75, 3.05) is 13.1 Å². The van der Waals surface area contributed by atoms with Gasteiger partial charge in [0.05, 0.1) is 17.8 Å². The van der Waals surface area contributed by atoms with Crippen LogP contribution >= 0.6 is 0 Å². The summed E-state index contributed by atoms with van der Waals surface area (Å²) in [6.45, 7) is 5.70. The van der Waals surface area contributed by atoms with Crippen LogP contribution in [0.5, 0.6) is 0 Å². The summed E-state index contributed by atoms with van der Waals surface area (Å²) in [4.78, 5) is 2.64. The summed E-state index contributed by atoms with van der Waals surface area (Å²) in [5, 5.41) is 6.13. The summed E-state index contributed by atoms with van der Waals surface area (Å²) in [5.41, 5.74) is 7.64. The van der Waals surface area contributed by atoms with Gasteiger partial charge in [-0.3, -0.25) is 4.90 Å². The van der Waals surface area contributed by atoms with Crippen molar-refractivity contribution in [2.45, 2.75) is 38.4 Å². The van der Waals surface area contributed by atoms with Gasteiger partial charge >= 0.3 is 0 Å². The molecule has 4 aliphatic heterocycles. The van der Waals surface area contributed by atoms with Crippen molar-refractivity contribution in [3.05, 3.63) is 36.0 Å². The Balaban J connectivity index is 1.62. The van der Waals surface area contributed by atoms with E-state index in [1.165, 1.54) is 48.1 Å². The molecule has 0 radical (unpaired) electrons. The lowest BCUT2D eigenvalue weighted by Crippen LogP contribution is -2.56. The van der Waals surface area contributed by atoms with Gasteiger partial charge in [0.15, 0.2) is 0 Å². The molecule has 2 bridgehead atoms. The fourth-order valence-corrected chi connectivity index (χ4v) is 4.68. The van der Waals surface area contributed by atoms with Gasteiger partial charge in [-0.25, -0.2) is 0 Å². The fourth-order valence-electron chi connectivity index (χ4n) is 4.68. The standard InChI is InChI=1S/C18H22N4/c1-2-21-11-14(13-5-3-4-6-15(13)21)17-18-16(19-20-17)12-7-9-22(18)10-8-12/h3-6,11-12,17-18,20H,2,7-10H2,1H3. The van der Waals surface area contributed by atoms with E-state index in [1.807, 2.05) is 0 Å². The molecule has 1 aromatic heterocycles. The number of hydrogen-bond acceptors (Lipinski definition) is 3. The number of rotatable bonds is 2. The number of nitrogens with zero attached hydrogens (tertiary/aromatic N) is 3. The van der Waals surface area contributed by atoms with Crippen LogP contribution in [0.4, 0.5) is 0 Å². The zero-order valence-corrected chi connectivity index (χ0v) is 13.0. The lowest BCUT2D eigenvalue weighted by molar-refractivity contribution is 0.134. The average Bonchev–Trinajstić information content (AvgIpc) is 3.18. The highest BCUT2D eigenvalue weighted by Crippen LogP contribution is 2.40. The zero-order valence-electron chi connectivity index (χ0n) is 13.0. The molecule has 114 valence electrons. The van der Waals surface area contributed by atoms with Crippen LogP contribution in [0.25, 0.3) is 10.9 Å². The van der Waals surface area contributed by atoms with Crippen molar-refractivity contribution in [3.63, 3.8) is 0 Å². The Bertz CT molecular complexity index is 752. The fraction of sp³-hybridized carbons (Fsp3) is 0.500. The molecule has 1 N–H and O–H groups in total. The Morgan fingerprint density at radius 3 is 2.86 bits per heavy atom. The first kappa shape index (κ1) is 12.7. The van der Waals surface area contributed by atoms with Crippen molar-refractivity contribution in [1.82, 2.24) is 14.9 Å². The van der Waals surface area contributed by atoms with E-state index >= 15 is 0 Å². The molecule has 5 heterocycles. The summed E-state index contributed by atoms with van der Waals surface area (Å²) in [7, 11) is 0. The van der Waals surface area contributed by atoms with Crippen molar-refractivity contribution < 1.29 is 0 Å². The normalized spacial score (nSPS) is 32.9. The minimum absolute atomic E-state index is 0.316. The topological polar surface area (TPSA) is 32.6 Å². The highest BCUT2D eigenvalue weighted by molar-refractivity contribution is 5.96. The molecule has 22 heavy (non-hydrogen) atoms. The molecule has 1 aromatic carbocycles. The van der Waals surface area contributed by atoms with E-state index in [0.717, 1.165) is 6.54 Å². The quantitative estimate of drug-likeness (QED) is 0.924. The summed E-state index contributed by atoms with van der Waals surface area (Å²) in [6, 6.07) is 9.56. The second kappa shape index (κ2) is 4.59. The van der Waals surface area contributed by atoms with Crippen LogP contribution in [-0.2, 0) is 6.54 Å². The molecule has 3 saturated heterocycles. The number of benzene rings is 1. The van der Waals surface area contributed by atoms with Gasteiger partial charge < -0.3 is 9.99 Å². The molecule has 2 aromatic rings. The average molecular weight is 294 g/mol. The van der Waals surface area contributed by atoms with E-state index in [-0.39, 0.29) is 0 Å². The third-order valence-corrected chi connectivity index (χ3v) is 5.79. The summed E-state index contributed by atoms with van der Waals surface area (Å²) in [5.74, 6) is 0.715. The molecule has 3 fully saturated rings. The molecule has 2 atom stereocenters. The number of piperidine rings is 3. The maximum Gasteiger partial charge on any atom is 0.0919 e. The van der Waals surface area contributed by atoms with Gasteiger partial charge in [-0.2, -0.15) is 5.10 Å². The van der Waals surface area contributed by atoms with Crippen molar-refractivity contribution in [2.24, 2.45) is 11.0 Å². The van der Waals surface area contributed by atoms with E-state index in [1.54, 1.807) is 0 Å². The first-order valence-electron chi connectivity index (χ1n) is 8.51. The predicted octanol–water partition coefficient (Wildman–Crippen LogP) is 2.76. The van der Waals surface area contributed by atoms with Crippen LogP contribution in [0.1, 0.15) is 31.4 Å². The Morgan fingerprint density at radius 1 is 1.23 bits per heavy atom. The van der Waals surface area contributed by atoms with Gasteiger partial charge in [-0.05, 0) is 38.9 Å². The van der Waals surface area contributed by atoms with E-state index in [4.69, 9.17) is 5.10 Å². The van der Waals surface area contributed by atoms with E-state index < -0.39 is 0 Å². The van der Waals surface area contributed by atoms with Gasteiger partial charge in [0.25, 0.3) is 0 Å². The number of nitrogens with one attached hydrogen (secondary N) is 1. The lowest BCUT2D eigenvalue weighted by Gasteiger charge is -2.45. The van der Waals surface area contributed by atoms with E-state index in [2.05, 4.69) is 52.3 Å². The van der Waals surface area contributed by atoms with Gasteiger partial charge in [-0.1, -0.05) is 18.2 Å². The van der Waals surface area contributed by atoms with Gasteiger partial charge in [0.2, 0.25) is 0 Å². The molecule has 0 saturated carbocycles. The minimum Gasteiger partial charge on any atom is -0.347 e. The molecule has 0 aliphatic carbocycles. The van der Waals surface area contributed by atoms with Gasteiger partial charge in [-0.15, -0.1) is 0 Å². The molecule has 0 spiro atoms. The van der Waals surface area contributed by atoms with Gasteiger partial charge in [0.1, 0.15) is 0 Å². The highest BCUT2D eigenvalue weighted by Gasteiger charge is 2.47. The Morgan fingerprint density at radius 2 is 2.05 bits per heavy atom. The van der Waals surface area contributed by atoms with Crippen LogP contribution in [-0.4, -0.2) is 34.3 Å². The molecule has 2 unspecified atom stereocenters. The SMILES string of the molecule is CCn1cc(C2NN=C3C4CCN(CC4)C32)c2ccccc21. The van der Waals surface area contributed by atoms with Crippen molar-refractivity contribution >= 4 is 16.6 Å². The van der Waals surface area contributed by atoms with Crippen molar-refractivity contribution in [3.8, 4) is 0 Å². The summed E-state index contributed by atoms with van der Waals surface area (Å²) < 4.78 is 2.36. The maximum atomic E-state index is 4.76. The number of aryl methyl sites for hydroxylation is 1. The molecule has 0 amide bonds. The van der Waals surface area contributed by atoms with E-state index in [9.17, 15) is 0 Å². The first-order chi connectivity index (χ1) is 10.9. The first-order valence-corrected chi connectivity index (χ1v) is 8.51. The van der Waals surface area contributed by atoms with Crippen LogP contribution in [0.2, 0.25) is 0 Å². The van der Waals surface area contributed by atoms with Crippen molar-refractivity contribution in [1.29, 1.82) is 0 Å². The molecular formula is C18H22N4. The predicted molar refractivity (Wildman–Crippen MR) is 89.0 cm³/mol. The summed E-state index contributed by atoms with van der Waals surface area (Å²) in [6.07, 6.45) is 4.92. The molecule has 6 rings (SSSR count). The smallest absolute Gasteiger partial charge is 0.0919 e. The third-order valence-electron chi connectivity index (χ3n) is 5.79. The summed E-state index contributed by atoms with van der Waals surface area (Å²) >= 11 is 0. The van der Waals surface area contributed by atoms with E-state index in [0.29, 0.717) is 18.0 Å². The molecule has 4 nitrogen and oxygen atoms in total. The monoisotopic (exact) mass is 294 g/mol. The van der Waals surface area contributed by atoms with Crippen LogP contribution in [0.15, 0.2) is 35.6 Å². The second-order valence-corrected chi connectivity index (χ2v) is 6.79. The zero-order chi connectivity index (χ0) is 14.7. The van der Waals surface area contributed by atoms with Gasteiger partial charge in [0, 0.05) is 35.1 Å². The van der Waals surface area contributed by atoms with Crippen LogP contribution in [0.3, 0.4) is 0 Å². The Labute approximate surface area is 130 Å². The third kappa shape index (κ3) is 1.59. The van der Waals surface area contributed by atoms with Crippen LogP contribution in [0, 0.1) is 5.92 Å².